The number of hydrogen-bond donors (Lipinski definition) is 1. The van der Waals surface area contributed by atoms with E-state index in [1.54, 1.807) is 19.1 Å². The molecule has 4 rings (SSSR count). The van der Waals surface area contributed by atoms with Crippen molar-refractivity contribution in [2.45, 2.75) is 18.5 Å². The molecule has 4 atom stereocenters. The number of benzene rings is 2. The van der Waals surface area contributed by atoms with Crippen molar-refractivity contribution in [3.63, 3.8) is 0 Å². The number of carbonyl (C=O) groups is 3. The summed E-state index contributed by atoms with van der Waals surface area (Å²) in [4.78, 5) is 43.0. The Labute approximate surface area is 182 Å². The van der Waals surface area contributed by atoms with Crippen LogP contribution in [0.3, 0.4) is 0 Å². The third-order valence-electron chi connectivity index (χ3n) is 6.38. The molecule has 2 aromatic carbocycles. The van der Waals surface area contributed by atoms with Crippen molar-refractivity contribution in [3.8, 4) is 0 Å². The lowest BCUT2D eigenvalue weighted by molar-refractivity contribution is -0.156. The Morgan fingerprint density at radius 1 is 1.06 bits per heavy atom. The van der Waals surface area contributed by atoms with Gasteiger partial charge in [-0.25, -0.2) is 4.79 Å². The van der Waals surface area contributed by atoms with Gasteiger partial charge in [-0.3, -0.25) is 19.8 Å². The Morgan fingerprint density at radius 3 is 2.29 bits per heavy atom. The summed E-state index contributed by atoms with van der Waals surface area (Å²) in [6.07, 6.45) is 0. The number of nitrogens with zero attached hydrogens (tertiary/aromatic N) is 2. The minimum Gasteiger partial charge on any atom is -0.464 e. The minimum absolute atomic E-state index is 0.173. The second-order valence-electron chi connectivity index (χ2n) is 8.24. The molecule has 2 heterocycles. The first-order valence-corrected chi connectivity index (χ1v) is 10.4. The Morgan fingerprint density at radius 2 is 1.71 bits per heavy atom. The summed E-state index contributed by atoms with van der Waals surface area (Å²) in [5.41, 5.74) is 1.04. The molecule has 162 valence electrons. The summed E-state index contributed by atoms with van der Waals surface area (Å²) in [7, 11) is 5.39. The zero-order valence-electron chi connectivity index (χ0n) is 18.2. The first-order valence-electron chi connectivity index (χ1n) is 10.4. The molecular formula is C24H27N3O4. The number of hydrogen-bond acceptors (Lipinski definition) is 6. The van der Waals surface area contributed by atoms with Gasteiger partial charge in [0, 0.05) is 32.9 Å². The quantitative estimate of drug-likeness (QED) is 0.588. The van der Waals surface area contributed by atoms with E-state index in [0.29, 0.717) is 5.56 Å². The van der Waals surface area contributed by atoms with Crippen LogP contribution in [-0.4, -0.2) is 50.4 Å². The highest BCUT2D eigenvalue weighted by atomic mass is 16.5. The van der Waals surface area contributed by atoms with E-state index in [1.165, 1.54) is 7.05 Å². The van der Waals surface area contributed by atoms with Crippen molar-refractivity contribution in [3.05, 3.63) is 65.7 Å². The molecule has 0 spiro atoms. The van der Waals surface area contributed by atoms with Crippen LogP contribution in [0.4, 0.5) is 5.69 Å². The van der Waals surface area contributed by atoms with Gasteiger partial charge in [0.2, 0.25) is 11.8 Å². The van der Waals surface area contributed by atoms with E-state index >= 15 is 0 Å². The van der Waals surface area contributed by atoms with Crippen molar-refractivity contribution < 1.29 is 19.1 Å². The molecule has 0 radical (unpaired) electrons. The highest BCUT2D eigenvalue weighted by Crippen LogP contribution is 2.53. The van der Waals surface area contributed by atoms with Crippen LogP contribution < -0.4 is 10.2 Å². The van der Waals surface area contributed by atoms with Crippen LogP contribution in [0.5, 0.6) is 0 Å². The third kappa shape index (κ3) is 3.11. The average Bonchev–Trinajstić information content (AvgIpc) is 3.25. The summed E-state index contributed by atoms with van der Waals surface area (Å²) < 4.78 is 5.46. The van der Waals surface area contributed by atoms with E-state index < -0.39 is 29.4 Å². The molecule has 2 aromatic rings. The number of esters is 1. The maximum absolute atomic E-state index is 13.4. The van der Waals surface area contributed by atoms with Crippen molar-refractivity contribution >= 4 is 23.5 Å². The monoisotopic (exact) mass is 421 g/mol. The Kier molecular flexibility index (Phi) is 5.31. The Bertz CT molecular complexity index is 1010. The molecule has 2 amide bonds. The van der Waals surface area contributed by atoms with Crippen LogP contribution in [0.2, 0.25) is 0 Å². The summed E-state index contributed by atoms with van der Waals surface area (Å²) >= 11 is 0. The number of rotatable bonds is 5. The maximum atomic E-state index is 13.4. The average molecular weight is 421 g/mol. The number of nitrogens with one attached hydrogen (secondary N) is 1. The van der Waals surface area contributed by atoms with Crippen molar-refractivity contribution in [2.75, 3.05) is 32.6 Å². The topological polar surface area (TPSA) is 79.0 Å². The fourth-order valence-electron chi connectivity index (χ4n) is 4.83. The van der Waals surface area contributed by atoms with Gasteiger partial charge >= 0.3 is 5.97 Å². The largest absolute Gasteiger partial charge is 0.464 e. The minimum atomic E-state index is -1.44. The number of likely N-dealkylation sites (tertiary alicyclic amines) is 1. The van der Waals surface area contributed by atoms with Gasteiger partial charge in [0.05, 0.1) is 18.4 Å². The predicted molar refractivity (Wildman–Crippen MR) is 116 cm³/mol. The van der Waals surface area contributed by atoms with Crippen LogP contribution in [0.15, 0.2) is 54.6 Å². The molecule has 0 saturated carbocycles. The van der Waals surface area contributed by atoms with Crippen molar-refractivity contribution in [1.29, 1.82) is 0 Å². The van der Waals surface area contributed by atoms with Gasteiger partial charge in [-0.2, -0.15) is 0 Å². The summed E-state index contributed by atoms with van der Waals surface area (Å²) in [6.45, 7) is 1.90. The van der Waals surface area contributed by atoms with Crippen LogP contribution in [0.25, 0.3) is 0 Å². The summed E-state index contributed by atoms with van der Waals surface area (Å²) in [5, 5.41) is 3.40. The smallest absolute Gasteiger partial charge is 0.331 e. The van der Waals surface area contributed by atoms with E-state index in [0.717, 1.165) is 16.2 Å². The molecular weight excluding hydrogens is 394 g/mol. The first kappa shape index (κ1) is 21.1. The molecule has 31 heavy (non-hydrogen) atoms. The van der Waals surface area contributed by atoms with E-state index in [9.17, 15) is 14.4 Å². The second-order valence-corrected chi connectivity index (χ2v) is 8.24. The van der Waals surface area contributed by atoms with Gasteiger partial charge in [-0.15, -0.1) is 0 Å². The molecule has 2 saturated heterocycles. The number of carbonyl (C=O) groups excluding carboxylic acids is 3. The fourth-order valence-corrected chi connectivity index (χ4v) is 4.83. The molecule has 7 heteroatoms. The molecule has 0 aromatic heterocycles. The number of imide groups is 1. The van der Waals surface area contributed by atoms with Gasteiger partial charge in [-0.1, -0.05) is 42.5 Å². The predicted octanol–water partition coefficient (Wildman–Crippen LogP) is 2.09. The number of anilines is 1. The third-order valence-corrected chi connectivity index (χ3v) is 6.38. The van der Waals surface area contributed by atoms with Gasteiger partial charge in [0.15, 0.2) is 5.54 Å². The second kappa shape index (κ2) is 7.81. The van der Waals surface area contributed by atoms with Crippen molar-refractivity contribution in [1.82, 2.24) is 10.2 Å². The van der Waals surface area contributed by atoms with E-state index in [2.05, 4.69) is 5.32 Å². The van der Waals surface area contributed by atoms with Crippen LogP contribution in [0, 0.1) is 11.8 Å². The van der Waals surface area contributed by atoms with Crippen molar-refractivity contribution in [2.24, 2.45) is 11.8 Å². The number of fused-ring (bicyclic) bond motifs is 1. The van der Waals surface area contributed by atoms with E-state index in [1.807, 2.05) is 61.5 Å². The molecule has 2 fully saturated rings. The molecule has 1 N–H and O–H groups in total. The van der Waals surface area contributed by atoms with Crippen LogP contribution in [-0.2, 0) is 24.7 Å². The van der Waals surface area contributed by atoms with Crippen LogP contribution in [0.1, 0.15) is 24.1 Å². The first-order chi connectivity index (χ1) is 14.8. The highest BCUT2D eigenvalue weighted by molar-refractivity contribution is 6.09. The van der Waals surface area contributed by atoms with Gasteiger partial charge < -0.3 is 9.64 Å². The molecule has 7 nitrogen and oxygen atoms in total. The van der Waals surface area contributed by atoms with Crippen LogP contribution >= 0.6 is 0 Å². The number of ether oxygens (including phenoxy) is 1. The molecule has 0 unspecified atom stereocenters. The molecule has 0 aliphatic carbocycles. The molecule has 2 aliphatic heterocycles. The van der Waals surface area contributed by atoms with E-state index in [4.69, 9.17) is 4.74 Å². The zero-order chi connectivity index (χ0) is 22.3. The zero-order valence-corrected chi connectivity index (χ0v) is 18.2. The Hall–Kier alpha value is -3.19. The van der Waals surface area contributed by atoms with E-state index in [-0.39, 0.29) is 18.4 Å². The van der Waals surface area contributed by atoms with Gasteiger partial charge in [-0.05, 0) is 30.2 Å². The standard InChI is InChI=1S/C24H27N3O4/c1-5-31-23(30)24(16-9-7-6-8-10-16)19-18(21(28)27(4)22(19)29)20(25-24)15-11-13-17(14-12-15)26(2)3/h6-14,18-20,25H,5H2,1-4H3/t18-,19+,20-,24-/m1/s1. The summed E-state index contributed by atoms with van der Waals surface area (Å²) in [5.74, 6) is -2.78. The molecule has 2 aliphatic rings. The lowest BCUT2D eigenvalue weighted by atomic mass is 9.75. The SMILES string of the molecule is CCOC(=O)[C@]1(c2ccccc2)N[C@H](c2ccc(N(C)C)cc2)[C@@H]2C(=O)N(C)C(=O)[C@H]21. The lowest BCUT2D eigenvalue weighted by Gasteiger charge is -2.33. The summed E-state index contributed by atoms with van der Waals surface area (Å²) in [6, 6.07) is 16.4. The number of amides is 2. The van der Waals surface area contributed by atoms with Gasteiger partial charge in [0.25, 0.3) is 0 Å². The fraction of sp³-hybridized carbons (Fsp3) is 0.375. The highest BCUT2D eigenvalue weighted by Gasteiger charge is 2.69. The lowest BCUT2D eigenvalue weighted by Crippen LogP contribution is -2.53. The maximum Gasteiger partial charge on any atom is 0.331 e. The van der Waals surface area contributed by atoms with Gasteiger partial charge in [0.1, 0.15) is 0 Å². The Balaban J connectivity index is 1.89. The normalized spacial score (nSPS) is 27.4. The molecule has 0 bridgehead atoms.